The fourth-order valence-corrected chi connectivity index (χ4v) is 2.95. The Hall–Kier alpha value is -0.780. The Morgan fingerprint density at radius 1 is 1.00 bits per heavy atom. The second kappa shape index (κ2) is 6.15. The van der Waals surface area contributed by atoms with Gasteiger partial charge in [-0.2, -0.15) is 0 Å². The number of pyridine rings is 1. The maximum Gasteiger partial charge on any atom is 0.357 e. The van der Waals surface area contributed by atoms with Crippen LogP contribution in [0.2, 0.25) is 25.1 Å². The van der Waals surface area contributed by atoms with Crippen LogP contribution in [0, 0.1) is 5.82 Å². The Bertz CT molecular complexity index is 737. The summed E-state index contributed by atoms with van der Waals surface area (Å²) in [5.74, 6) is -2.54. The Kier molecular flexibility index (Phi) is 4.85. The van der Waals surface area contributed by atoms with Crippen molar-refractivity contribution in [2.75, 3.05) is 0 Å². The quantitative estimate of drug-likeness (QED) is 0.517. The summed E-state index contributed by atoms with van der Waals surface area (Å²) in [6.07, 6.45) is 1.10. The standard InChI is InChI=1S/C12H3Cl5FNO2/c13-6-5(7(14)9(16)10(17)8(6)15)3-1-4(18)11(12(20)21)19-2-3/h1-2H,(H,20,21). The lowest BCUT2D eigenvalue weighted by atomic mass is 10.1. The molecule has 9 heteroatoms. The lowest BCUT2D eigenvalue weighted by Crippen LogP contribution is -2.04. The maximum atomic E-state index is 13.7. The number of rotatable bonds is 2. The SMILES string of the molecule is O=C(O)c1ncc(-c2c(Cl)c(Cl)c(Cl)c(Cl)c2Cl)cc1F. The van der Waals surface area contributed by atoms with Gasteiger partial charge in [0.2, 0.25) is 0 Å². The number of halogens is 6. The van der Waals surface area contributed by atoms with Gasteiger partial charge in [0, 0.05) is 17.3 Å². The van der Waals surface area contributed by atoms with Crippen LogP contribution in [0.4, 0.5) is 4.39 Å². The van der Waals surface area contributed by atoms with E-state index in [-0.39, 0.29) is 36.2 Å². The third-order valence-electron chi connectivity index (χ3n) is 2.54. The van der Waals surface area contributed by atoms with Crippen molar-refractivity contribution >= 4 is 64.0 Å². The van der Waals surface area contributed by atoms with E-state index in [9.17, 15) is 9.18 Å². The van der Waals surface area contributed by atoms with Crippen molar-refractivity contribution in [1.29, 1.82) is 0 Å². The summed E-state index contributed by atoms with van der Waals surface area (Å²) in [6, 6.07) is 0.921. The molecule has 3 nitrogen and oxygen atoms in total. The molecule has 1 heterocycles. The van der Waals surface area contributed by atoms with Crippen LogP contribution in [0.3, 0.4) is 0 Å². The molecule has 110 valence electrons. The molecule has 0 saturated carbocycles. The van der Waals surface area contributed by atoms with Crippen LogP contribution in [0.15, 0.2) is 12.3 Å². The molecule has 0 atom stereocenters. The van der Waals surface area contributed by atoms with E-state index in [2.05, 4.69) is 4.98 Å². The van der Waals surface area contributed by atoms with E-state index in [0.717, 1.165) is 12.3 Å². The molecule has 0 aliphatic heterocycles. The molecule has 0 aliphatic carbocycles. The number of aromatic carboxylic acids is 1. The minimum absolute atomic E-state index is 0.0346. The molecule has 0 unspecified atom stereocenters. The summed E-state index contributed by atoms with van der Waals surface area (Å²) in [5.41, 5.74) is -0.494. The first kappa shape index (κ1) is 16.6. The molecule has 0 saturated heterocycles. The van der Waals surface area contributed by atoms with Crippen LogP contribution in [0.25, 0.3) is 11.1 Å². The second-order valence-electron chi connectivity index (χ2n) is 3.80. The maximum absolute atomic E-state index is 13.7. The lowest BCUT2D eigenvalue weighted by molar-refractivity contribution is 0.0685. The molecule has 1 aromatic carbocycles. The number of nitrogens with zero attached hydrogens (tertiary/aromatic N) is 1. The zero-order valence-corrected chi connectivity index (χ0v) is 13.5. The van der Waals surface area contributed by atoms with Gasteiger partial charge in [0.15, 0.2) is 11.5 Å². The molecule has 1 N–H and O–H groups in total. The predicted molar refractivity (Wildman–Crippen MR) is 81.6 cm³/mol. The summed E-state index contributed by atoms with van der Waals surface area (Å²) in [5, 5.41) is 8.53. The first-order valence-electron chi connectivity index (χ1n) is 5.16. The van der Waals surface area contributed by atoms with Gasteiger partial charge >= 0.3 is 5.97 Å². The van der Waals surface area contributed by atoms with Gasteiger partial charge < -0.3 is 5.11 Å². The molecule has 0 radical (unpaired) electrons. The molecular weight excluding hydrogens is 386 g/mol. The van der Waals surface area contributed by atoms with Gasteiger partial charge in [-0.05, 0) is 6.07 Å². The first-order chi connectivity index (χ1) is 9.75. The topological polar surface area (TPSA) is 50.2 Å². The molecule has 0 amide bonds. The molecular formula is C12H3Cl5FNO2. The average molecular weight is 389 g/mol. The van der Waals surface area contributed by atoms with Crippen molar-refractivity contribution in [1.82, 2.24) is 4.98 Å². The van der Waals surface area contributed by atoms with E-state index in [4.69, 9.17) is 63.1 Å². The van der Waals surface area contributed by atoms with Gasteiger partial charge in [-0.25, -0.2) is 14.2 Å². The van der Waals surface area contributed by atoms with Gasteiger partial charge in [0.05, 0.1) is 25.1 Å². The van der Waals surface area contributed by atoms with E-state index < -0.39 is 17.5 Å². The summed E-state index contributed by atoms with van der Waals surface area (Å²) < 4.78 is 13.7. The van der Waals surface area contributed by atoms with E-state index in [1.54, 1.807) is 0 Å². The summed E-state index contributed by atoms with van der Waals surface area (Å²) in [4.78, 5) is 14.2. The number of carboxylic acid groups (broad SMARTS) is 1. The molecule has 0 aliphatic rings. The minimum atomic E-state index is -1.50. The van der Waals surface area contributed by atoms with Crippen LogP contribution >= 0.6 is 58.0 Å². The second-order valence-corrected chi connectivity index (χ2v) is 5.69. The highest BCUT2D eigenvalue weighted by molar-refractivity contribution is 6.56. The monoisotopic (exact) mass is 387 g/mol. The molecule has 21 heavy (non-hydrogen) atoms. The number of aromatic nitrogens is 1. The lowest BCUT2D eigenvalue weighted by Gasteiger charge is -2.12. The van der Waals surface area contributed by atoms with Crippen molar-refractivity contribution in [3.63, 3.8) is 0 Å². The smallest absolute Gasteiger partial charge is 0.357 e. The minimum Gasteiger partial charge on any atom is -0.476 e. The Labute approximate surface area is 143 Å². The average Bonchev–Trinajstić information content (AvgIpc) is 2.43. The first-order valence-corrected chi connectivity index (χ1v) is 7.05. The van der Waals surface area contributed by atoms with Crippen molar-refractivity contribution in [3.05, 3.63) is 48.9 Å². The zero-order valence-electron chi connectivity index (χ0n) is 9.73. The van der Waals surface area contributed by atoms with Crippen LogP contribution in [0.1, 0.15) is 10.5 Å². The van der Waals surface area contributed by atoms with Gasteiger partial charge in [0.1, 0.15) is 0 Å². The summed E-state index contributed by atoms with van der Waals surface area (Å²) >= 11 is 29.8. The fraction of sp³-hybridized carbons (Fsp3) is 0. The molecule has 2 rings (SSSR count). The number of hydrogen-bond donors (Lipinski definition) is 1. The van der Waals surface area contributed by atoms with Crippen LogP contribution in [-0.2, 0) is 0 Å². The van der Waals surface area contributed by atoms with Gasteiger partial charge in [-0.15, -0.1) is 0 Å². The van der Waals surface area contributed by atoms with Crippen LogP contribution in [-0.4, -0.2) is 16.1 Å². The number of hydrogen-bond acceptors (Lipinski definition) is 2. The van der Waals surface area contributed by atoms with Crippen LogP contribution < -0.4 is 0 Å². The normalized spacial score (nSPS) is 10.8. The molecule has 0 fully saturated rings. The van der Waals surface area contributed by atoms with E-state index >= 15 is 0 Å². The third-order valence-corrected chi connectivity index (χ3v) is 4.82. The van der Waals surface area contributed by atoms with Gasteiger partial charge in [-0.1, -0.05) is 58.0 Å². The Morgan fingerprint density at radius 2 is 1.48 bits per heavy atom. The highest BCUT2D eigenvalue weighted by Gasteiger charge is 2.22. The van der Waals surface area contributed by atoms with E-state index in [1.165, 1.54) is 0 Å². The van der Waals surface area contributed by atoms with Crippen LogP contribution in [0.5, 0.6) is 0 Å². The largest absolute Gasteiger partial charge is 0.476 e. The van der Waals surface area contributed by atoms with Gasteiger partial charge in [-0.3, -0.25) is 0 Å². The van der Waals surface area contributed by atoms with E-state index in [1.807, 2.05) is 0 Å². The molecule has 0 bridgehead atoms. The Morgan fingerprint density at radius 3 is 1.90 bits per heavy atom. The molecule has 0 spiro atoms. The molecule has 2 aromatic rings. The van der Waals surface area contributed by atoms with E-state index in [0.29, 0.717) is 0 Å². The van der Waals surface area contributed by atoms with Crippen molar-refractivity contribution in [3.8, 4) is 11.1 Å². The number of benzene rings is 1. The Balaban J connectivity index is 2.74. The number of carbonyl (C=O) groups is 1. The predicted octanol–water partition coefficient (Wildman–Crippen LogP) is 5.85. The van der Waals surface area contributed by atoms with Crippen molar-refractivity contribution in [2.45, 2.75) is 0 Å². The van der Waals surface area contributed by atoms with Crippen molar-refractivity contribution < 1.29 is 14.3 Å². The number of carboxylic acids is 1. The summed E-state index contributed by atoms with van der Waals surface area (Å²) in [6.45, 7) is 0. The fourth-order valence-electron chi connectivity index (χ4n) is 1.59. The van der Waals surface area contributed by atoms with Crippen molar-refractivity contribution in [2.24, 2.45) is 0 Å². The van der Waals surface area contributed by atoms with Gasteiger partial charge in [0.25, 0.3) is 0 Å². The highest BCUT2D eigenvalue weighted by atomic mass is 35.5. The zero-order chi connectivity index (χ0) is 15.9. The molecule has 1 aromatic heterocycles. The highest BCUT2D eigenvalue weighted by Crippen LogP contribution is 2.48. The summed E-state index contributed by atoms with van der Waals surface area (Å²) in [7, 11) is 0. The third kappa shape index (κ3) is 2.91.